The van der Waals surface area contributed by atoms with E-state index in [1.54, 1.807) is 12.5 Å². The highest BCUT2D eigenvalue weighted by Crippen LogP contribution is 2.24. The van der Waals surface area contributed by atoms with Crippen molar-refractivity contribution in [3.63, 3.8) is 0 Å². The molecule has 0 amide bonds. The van der Waals surface area contributed by atoms with Crippen LogP contribution in [0.1, 0.15) is 37.1 Å². The maximum atomic E-state index is 5.51. The van der Waals surface area contributed by atoms with E-state index in [0.29, 0.717) is 5.89 Å². The van der Waals surface area contributed by atoms with Crippen LogP contribution < -0.4 is 10.6 Å². The standard InChI is InChI=1S/C13H19N5O/c1-5-10-11(14-4)16-7-17-12(10)18-9(3)13-15-6-8(2)19-13/h6-7,9H,5H2,1-4H3,(H2,14,16,17,18). The number of anilines is 2. The van der Waals surface area contributed by atoms with Gasteiger partial charge in [0.15, 0.2) is 0 Å². The number of hydrogen-bond acceptors (Lipinski definition) is 6. The van der Waals surface area contributed by atoms with Crippen molar-refractivity contribution in [2.45, 2.75) is 33.2 Å². The van der Waals surface area contributed by atoms with Crippen molar-refractivity contribution in [1.82, 2.24) is 15.0 Å². The first-order chi connectivity index (χ1) is 9.15. The molecule has 0 saturated heterocycles. The quantitative estimate of drug-likeness (QED) is 0.861. The number of hydrogen-bond donors (Lipinski definition) is 2. The molecule has 2 rings (SSSR count). The van der Waals surface area contributed by atoms with Gasteiger partial charge >= 0.3 is 0 Å². The highest BCUT2D eigenvalue weighted by atomic mass is 16.4. The number of nitrogens with one attached hydrogen (secondary N) is 2. The van der Waals surface area contributed by atoms with E-state index in [4.69, 9.17) is 4.42 Å². The molecule has 0 radical (unpaired) electrons. The lowest BCUT2D eigenvalue weighted by Gasteiger charge is -2.15. The van der Waals surface area contributed by atoms with Crippen molar-refractivity contribution in [2.75, 3.05) is 17.7 Å². The second-order valence-electron chi connectivity index (χ2n) is 4.33. The van der Waals surface area contributed by atoms with Gasteiger partial charge in [-0.25, -0.2) is 15.0 Å². The Labute approximate surface area is 112 Å². The van der Waals surface area contributed by atoms with Crippen LogP contribution >= 0.6 is 0 Å². The Kier molecular flexibility index (Phi) is 3.99. The number of nitrogens with zero attached hydrogens (tertiary/aromatic N) is 3. The molecule has 2 N–H and O–H groups in total. The van der Waals surface area contributed by atoms with E-state index in [1.165, 1.54) is 0 Å². The van der Waals surface area contributed by atoms with E-state index >= 15 is 0 Å². The lowest BCUT2D eigenvalue weighted by molar-refractivity contribution is 0.453. The molecule has 1 unspecified atom stereocenters. The van der Waals surface area contributed by atoms with Gasteiger partial charge in [0.05, 0.1) is 6.20 Å². The fourth-order valence-electron chi connectivity index (χ4n) is 1.93. The summed E-state index contributed by atoms with van der Waals surface area (Å²) < 4.78 is 5.51. The van der Waals surface area contributed by atoms with Crippen LogP contribution in [-0.4, -0.2) is 22.0 Å². The maximum absolute atomic E-state index is 5.51. The summed E-state index contributed by atoms with van der Waals surface area (Å²) in [6.07, 6.45) is 4.10. The summed E-state index contributed by atoms with van der Waals surface area (Å²) >= 11 is 0. The topological polar surface area (TPSA) is 75.9 Å². The fourth-order valence-corrected chi connectivity index (χ4v) is 1.93. The van der Waals surface area contributed by atoms with Crippen LogP contribution in [0.5, 0.6) is 0 Å². The smallest absolute Gasteiger partial charge is 0.216 e. The molecule has 0 aliphatic heterocycles. The Morgan fingerprint density at radius 3 is 2.58 bits per heavy atom. The molecule has 0 aliphatic carbocycles. The van der Waals surface area contributed by atoms with Crippen molar-refractivity contribution in [3.05, 3.63) is 29.7 Å². The largest absolute Gasteiger partial charge is 0.444 e. The van der Waals surface area contributed by atoms with Gasteiger partial charge in [0.2, 0.25) is 5.89 Å². The van der Waals surface area contributed by atoms with Gasteiger partial charge in [0, 0.05) is 12.6 Å². The van der Waals surface area contributed by atoms with Crippen LogP contribution in [0.4, 0.5) is 11.6 Å². The van der Waals surface area contributed by atoms with E-state index in [0.717, 1.165) is 29.4 Å². The predicted molar refractivity (Wildman–Crippen MR) is 74.2 cm³/mol. The molecule has 0 bridgehead atoms. The van der Waals surface area contributed by atoms with Gasteiger partial charge in [-0.15, -0.1) is 0 Å². The summed E-state index contributed by atoms with van der Waals surface area (Å²) in [6.45, 7) is 5.95. The van der Waals surface area contributed by atoms with Crippen molar-refractivity contribution in [3.8, 4) is 0 Å². The molecule has 6 heteroatoms. The molecule has 0 aromatic carbocycles. The van der Waals surface area contributed by atoms with Crippen LogP contribution in [0.25, 0.3) is 0 Å². The summed E-state index contributed by atoms with van der Waals surface area (Å²) in [7, 11) is 1.85. The summed E-state index contributed by atoms with van der Waals surface area (Å²) in [5, 5.41) is 6.39. The molecular weight excluding hydrogens is 242 g/mol. The Morgan fingerprint density at radius 2 is 2.00 bits per heavy atom. The Balaban J connectivity index is 2.23. The summed E-state index contributed by atoms with van der Waals surface area (Å²) in [5.41, 5.74) is 1.06. The lowest BCUT2D eigenvalue weighted by atomic mass is 10.2. The van der Waals surface area contributed by atoms with E-state index in [9.17, 15) is 0 Å². The Bertz CT molecular complexity index is 552. The Morgan fingerprint density at radius 1 is 1.26 bits per heavy atom. The SMILES string of the molecule is CCc1c(NC)ncnc1NC(C)c1ncc(C)o1. The minimum atomic E-state index is -0.0430. The van der Waals surface area contributed by atoms with Crippen molar-refractivity contribution in [2.24, 2.45) is 0 Å². The molecule has 0 aliphatic rings. The molecule has 6 nitrogen and oxygen atoms in total. The summed E-state index contributed by atoms with van der Waals surface area (Å²) in [6, 6.07) is -0.0430. The monoisotopic (exact) mass is 261 g/mol. The number of rotatable bonds is 5. The maximum Gasteiger partial charge on any atom is 0.216 e. The van der Waals surface area contributed by atoms with Crippen LogP contribution in [0.2, 0.25) is 0 Å². The molecule has 19 heavy (non-hydrogen) atoms. The average Bonchev–Trinajstić information content (AvgIpc) is 2.85. The second-order valence-corrected chi connectivity index (χ2v) is 4.33. The zero-order valence-electron chi connectivity index (χ0n) is 11.7. The van der Waals surface area contributed by atoms with Gasteiger partial charge in [-0.3, -0.25) is 0 Å². The normalized spacial score (nSPS) is 12.2. The Hall–Kier alpha value is -2.11. The minimum Gasteiger partial charge on any atom is -0.444 e. The average molecular weight is 261 g/mol. The third-order valence-electron chi connectivity index (χ3n) is 2.90. The van der Waals surface area contributed by atoms with E-state index in [-0.39, 0.29) is 6.04 Å². The van der Waals surface area contributed by atoms with Gasteiger partial charge in [-0.05, 0) is 20.3 Å². The minimum absolute atomic E-state index is 0.0430. The first-order valence-electron chi connectivity index (χ1n) is 6.36. The van der Waals surface area contributed by atoms with Gasteiger partial charge < -0.3 is 15.1 Å². The molecule has 0 spiro atoms. The van der Waals surface area contributed by atoms with Crippen molar-refractivity contribution in [1.29, 1.82) is 0 Å². The van der Waals surface area contributed by atoms with E-state index in [2.05, 4.69) is 32.5 Å². The number of oxazole rings is 1. The van der Waals surface area contributed by atoms with Gasteiger partial charge in [0.25, 0.3) is 0 Å². The van der Waals surface area contributed by atoms with Crippen LogP contribution in [0.15, 0.2) is 16.9 Å². The highest BCUT2D eigenvalue weighted by Gasteiger charge is 2.15. The zero-order chi connectivity index (χ0) is 13.8. The number of aromatic nitrogens is 3. The first kappa shape index (κ1) is 13.3. The highest BCUT2D eigenvalue weighted by molar-refractivity contribution is 5.57. The van der Waals surface area contributed by atoms with Crippen LogP contribution in [0.3, 0.4) is 0 Å². The third-order valence-corrected chi connectivity index (χ3v) is 2.90. The third kappa shape index (κ3) is 2.83. The molecule has 2 aromatic rings. The molecule has 0 saturated carbocycles. The molecule has 0 fully saturated rings. The lowest BCUT2D eigenvalue weighted by Crippen LogP contribution is -2.12. The molecule has 102 valence electrons. The van der Waals surface area contributed by atoms with Crippen LogP contribution in [0, 0.1) is 6.92 Å². The van der Waals surface area contributed by atoms with Crippen molar-refractivity contribution < 1.29 is 4.42 Å². The van der Waals surface area contributed by atoms with Gasteiger partial charge in [-0.1, -0.05) is 6.92 Å². The van der Waals surface area contributed by atoms with Crippen LogP contribution in [-0.2, 0) is 6.42 Å². The molecular formula is C13H19N5O. The second kappa shape index (κ2) is 5.69. The van der Waals surface area contributed by atoms with Gasteiger partial charge in [0.1, 0.15) is 29.8 Å². The molecule has 2 aromatic heterocycles. The zero-order valence-corrected chi connectivity index (χ0v) is 11.7. The first-order valence-corrected chi connectivity index (χ1v) is 6.36. The van der Waals surface area contributed by atoms with E-state index in [1.807, 2.05) is 20.9 Å². The van der Waals surface area contributed by atoms with Gasteiger partial charge in [-0.2, -0.15) is 0 Å². The molecule has 1 atom stereocenters. The number of aryl methyl sites for hydroxylation is 1. The van der Waals surface area contributed by atoms with Crippen molar-refractivity contribution >= 4 is 11.6 Å². The predicted octanol–water partition coefficient (Wildman–Crippen LogP) is 2.55. The van der Waals surface area contributed by atoms with E-state index < -0.39 is 0 Å². The summed E-state index contributed by atoms with van der Waals surface area (Å²) in [4.78, 5) is 12.7. The molecule has 2 heterocycles. The fraction of sp³-hybridized carbons (Fsp3) is 0.462. The summed E-state index contributed by atoms with van der Waals surface area (Å²) in [5.74, 6) is 3.11.